The molecule has 2 unspecified atom stereocenters. The van der Waals surface area contributed by atoms with E-state index in [1.165, 1.54) is 19.3 Å². The van der Waals surface area contributed by atoms with E-state index >= 15 is 0 Å². The highest BCUT2D eigenvalue weighted by molar-refractivity contribution is 9.10. The van der Waals surface area contributed by atoms with Crippen LogP contribution in [0.15, 0.2) is 16.6 Å². The fraction of sp³-hybridized carbons (Fsp3) is 0.615. The van der Waals surface area contributed by atoms with Crippen LogP contribution < -0.4 is 10.2 Å². The SMILES string of the molecule is Cc1nc(N2CCC3CCC(C2)N3)ccc1Br. The van der Waals surface area contributed by atoms with Gasteiger partial charge >= 0.3 is 0 Å². The molecule has 2 saturated heterocycles. The number of rotatable bonds is 1. The molecule has 2 fully saturated rings. The summed E-state index contributed by atoms with van der Waals surface area (Å²) >= 11 is 3.51. The number of halogens is 1. The Labute approximate surface area is 111 Å². The van der Waals surface area contributed by atoms with Crippen LogP contribution in [-0.2, 0) is 0 Å². The molecule has 2 atom stereocenters. The third-order valence-corrected chi connectivity index (χ3v) is 4.69. The maximum Gasteiger partial charge on any atom is 0.128 e. The maximum absolute atomic E-state index is 4.67. The lowest BCUT2D eigenvalue weighted by molar-refractivity contribution is 0.563. The van der Waals surface area contributed by atoms with Gasteiger partial charge in [0.2, 0.25) is 0 Å². The van der Waals surface area contributed by atoms with Crippen LogP contribution in [0.25, 0.3) is 0 Å². The molecule has 0 aromatic carbocycles. The van der Waals surface area contributed by atoms with Gasteiger partial charge in [-0.3, -0.25) is 0 Å². The van der Waals surface area contributed by atoms with Gasteiger partial charge in [0.15, 0.2) is 0 Å². The lowest BCUT2D eigenvalue weighted by atomic mass is 10.1. The molecule has 0 aliphatic carbocycles. The van der Waals surface area contributed by atoms with E-state index in [-0.39, 0.29) is 0 Å². The van der Waals surface area contributed by atoms with Crippen LogP contribution in [-0.4, -0.2) is 30.2 Å². The van der Waals surface area contributed by atoms with Crippen molar-refractivity contribution in [2.24, 2.45) is 0 Å². The van der Waals surface area contributed by atoms with E-state index in [1.54, 1.807) is 0 Å². The first-order valence-corrected chi connectivity index (χ1v) is 7.16. The summed E-state index contributed by atoms with van der Waals surface area (Å²) < 4.78 is 1.09. The first-order chi connectivity index (χ1) is 8.22. The van der Waals surface area contributed by atoms with Gasteiger partial charge in [0.25, 0.3) is 0 Å². The van der Waals surface area contributed by atoms with Crippen LogP contribution in [0.4, 0.5) is 5.82 Å². The minimum absolute atomic E-state index is 0.660. The molecule has 1 aromatic rings. The number of anilines is 1. The second-order valence-corrected chi connectivity index (χ2v) is 5.96. The predicted octanol–water partition coefficient (Wildman–Crippen LogP) is 2.48. The number of nitrogens with one attached hydrogen (secondary N) is 1. The standard InChI is InChI=1S/C13H18BrN3/c1-9-12(14)4-5-13(15-9)17-7-6-10-2-3-11(8-17)16-10/h4-5,10-11,16H,2-3,6-8H2,1H3. The summed E-state index contributed by atoms with van der Waals surface area (Å²) in [6, 6.07) is 5.62. The number of pyridine rings is 1. The Morgan fingerprint density at radius 2 is 2.12 bits per heavy atom. The van der Waals surface area contributed by atoms with Gasteiger partial charge in [-0.25, -0.2) is 4.98 Å². The minimum Gasteiger partial charge on any atom is -0.355 e. The second-order valence-electron chi connectivity index (χ2n) is 5.11. The smallest absolute Gasteiger partial charge is 0.128 e. The molecule has 92 valence electrons. The number of aromatic nitrogens is 1. The summed E-state index contributed by atoms with van der Waals surface area (Å²) in [5.74, 6) is 1.13. The molecular formula is C13H18BrN3. The lowest BCUT2D eigenvalue weighted by Crippen LogP contribution is -2.35. The second kappa shape index (κ2) is 4.58. The first kappa shape index (κ1) is 11.5. The van der Waals surface area contributed by atoms with E-state index in [4.69, 9.17) is 0 Å². The van der Waals surface area contributed by atoms with E-state index in [9.17, 15) is 0 Å². The van der Waals surface area contributed by atoms with Gasteiger partial charge in [0, 0.05) is 29.6 Å². The Kier molecular flexibility index (Phi) is 3.09. The minimum atomic E-state index is 0.660. The topological polar surface area (TPSA) is 28.2 Å². The Morgan fingerprint density at radius 1 is 1.29 bits per heavy atom. The number of hydrogen-bond acceptors (Lipinski definition) is 3. The molecule has 0 saturated carbocycles. The van der Waals surface area contributed by atoms with Crippen molar-refractivity contribution in [2.75, 3.05) is 18.0 Å². The summed E-state index contributed by atoms with van der Waals surface area (Å²) in [6.07, 6.45) is 3.91. The average Bonchev–Trinajstić information content (AvgIpc) is 2.63. The molecule has 3 nitrogen and oxygen atoms in total. The zero-order valence-electron chi connectivity index (χ0n) is 10.1. The molecule has 3 rings (SSSR count). The molecule has 3 heterocycles. The van der Waals surface area contributed by atoms with Crippen LogP contribution in [0.1, 0.15) is 25.0 Å². The monoisotopic (exact) mass is 295 g/mol. The van der Waals surface area contributed by atoms with E-state index < -0.39 is 0 Å². The Balaban J connectivity index is 1.81. The molecule has 0 amide bonds. The van der Waals surface area contributed by atoms with Gasteiger partial charge < -0.3 is 10.2 Å². The summed E-state index contributed by atoms with van der Waals surface area (Å²) in [7, 11) is 0. The average molecular weight is 296 g/mol. The summed E-state index contributed by atoms with van der Waals surface area (Å²) in [4.78, 5) is 7.10. The van der Waals surface area contributed by atoms with Crippen LogP contribution >= 0.6 is 15.9 Å². The van der Waals surface area contributed by atoms with Crippen molar-refractivity contribution in [1.29, 1.82) is 0 Å². The number of hydrogen-bond donors (Lipinski definition) is 1. The highest BCUT2D eigenvalue weighted by Gasteiger charge is 2.29. The Hall–Kier alpha value is -0.610. The van der Waals surface area contributed by atoms with Crippen molar-refractivity contribution in [1.82, 2.24) is 10.3 Å². The molecule has 2 bridgehead atoms. The number of aryl methyl sites for hydroxylation is 1. The van der Waals surface area contributed by atoms with Crippen LogP contribution in [0.2, 0.25) is 0 Å². The molecule has 1 N–H and O–H groups in total. The van der Waals surface area contributed by atoms with E-state index in [2.05, 4.69) is 50.2 Å². The van der Waals surface area contributed by atoms with Crippen LogP contribution in [0.5, 0.6) is 0 Å². The highest BCUT2D eigenvalue weighted by atomic mass is 79.9. The predicted molar refractivity (Wildman–Crippen MR) is 73.4 cm³/mol. The molecule has 2 aliphatic rings. The third kappa shape index (κ3) is 2.33. The van der Waals surface area contributed by atoms with Gasteiger partial charge in [-0.1, -0.05) is 0 Å². The lowest BCUT2D eigenvalue weighted by Gasteiger charge is -2.25. The van der Waals surface area contributed by atoms with E-state index in [0.717, 1.165) is 35.1 Å². The van der Waals surface area contributed by atoms with Crippen molar-refractivity contribution >= 4 is 21.7 Å². The van der Waals surface area contributed by atoms with Crippen molar-refractivity contribution in [3.63, 3.8) is 0 Å². The fourth-order valence-electron chi connectivity index (χ4n) is 2.86. The molecule has 4 heteroatoms. The largest absolute Gasteiger partial charge is 0.355 e. The van der Waals surface area contributed by atoms with Crippen molar-refractivity contribution in [3.05, 3.63) is 22.3 Å². The molecular weight excluding hydrogens is 278 g/mol. The van der Waals surface area contributed by atoms with Gasteiger partial charge in [-0.05, 0) is 54.2 Å². The molecule has 17 heavy (non-hydrogen) atoms. The number of nitrogens with zero attached hydrogens (tertiary/aromatic N) is 2. The van der Waals surface area contributed by atoms with Crippen LogP contribution in [0.3, 0.4) is 0 Å². The molecule has 0 spiro atoms. The Morgan fingerprint density at radius 3 is 2.94 bits per heavy atom. The molecule has 2 aliphatic heterocycles. The third-order valence-electron chi connectivity index (χ3n) is 3.85. The summed E-state index contributed by atoms with van der Waals surface area (Å²) in [5, 5.41) is 3.70. The van der Waals surface area contributed by atoms with Crippen LogP contribution in [0, 0.1) is 6.92 Å². The van der Waals surface area contributed by atoms with Gasteiger partial charge in [-0.15, -0.1) is 0 Å². The van der Waals surface area contributed by atoms with E-state index in [0.29, 0.717) is 6.04 Å². The van der Waals surface area contributed by atoms with Gasteiger partial charge in [-0.2, -0.15) is 0 Å². The van der Waals surface area contributed by atoms with Crippen molar-refractivity contribution in [2.45, 2.75) is 38.3 Å². The Bertz CT molecular complexity index is 421. The zero-order chi connectivity index (χ0) is 11.8. The van der Waals surface area contributed by atoms with Gasteiger partial charge in [0.1, 0.15) is 5.82 Å². The maximum atomic E-state index is 4.67. The van der Waals surface area contributed by atoms with E-state index in [1.807, 2.05) is 0 Å². The molecule has 0 radical (unpaired) electrons. The normalized spacial score (nSPS) is 28.2. The quantitative estimate of drug-likeness (QED) is 0.863. The zero-order valence-corrected chi connectivity index (χ0v) is 11.7. The first-order valence-electron chi connectivity index (χ1n) is 6.36. The summed E-state index contributed by atoms with van der Waals surface area (Å²) in [5.41, 5.74) is 1.07. The summed E-state index contributed by atoms with van der Waals surface area (Å²) in [6.45, 7) is 4.28. The molecule has 1 aromatic heterocycles. The fourth-order valence-corrected chi connectivity index (χ4v) is 3.08. The number of fused-ring (bicyclic) bond motifs is 2. The highest BCUT2D eigenvalue weighted by Crippen LogP contribution is 2.25. The van der Waals surface area contributed by atoms with Gasteiger partial charge in [0.05, 0.1) is 5.69 Å². The van der Waals surface area contributed by atoms with Crippen molar-refractivity contribution in [3.8, 4) is 0 Å². The van der Waals surface area contributed by atoms with Crippen molar-refractivity contribution < 1.29 is 0 Å².